The molecule has 0 rings (SSSR count). The first-order chi connectivity index (χ1) is 20.2. The van der Waals surface area contributed by atoms with Crippen molar-refractivity contribution in [2.24, 2.45) is 0 Å². The molecular weight excluding hydrogens is 563 g/mol. The van der Waals surface area contributed by atoms with Gasteiger partial charge in [0.15, 0.2) is 6.10 Å². The van der Waals surface area contributed by atoms with Crippen molar-refractivity contribution in [2.45, 2.75) is 135 Å². The Hall–Kier alpha value is -1.55. The number of phosphoric acid groups is 1. The number of aliphatic hydroxyl groups is 2. The fourth-order valence-corrected chi connectivity index (χ4v) is 4.62. The summed E-state index contributed by atoms with van der Waals surface area (Å²) in [5.74, 6) is -0.959. The van der Waals surface area contributed by atoms with Crippen LogP contribution in [0.3, 0.4) is 0 Å². The molecule has 0 saturated heterocycles. The third-order valence-electron chi connectivity index (χ3n) is 6.36. The summed E-state index contributed by atoms with van der Waals surface area (Å²) in [7, 11) is -4.60. The maximum Gasteiger partial charge on any atom is 0.472 e. The molecule has 3 unspecified atom stereocenters. The zero-order valence-electron chi connectivity index (χ0n) is 26.0. The van der Waals surface area contributed by atoms with Crippen LogP contribution in [0.1, 0.15) is 123 Å². The van der Waals surface area contributed by atoms with Crippen molar-refractivity contribution in [2.75, 3.05) is 26.4 Å². The molecule has 0 bridgehead atoms. The van der Waals surface area contributed by atoms with Crippen molar-refractivity contribution >= 4 is 19.8 Å². The van der Waals surface area contributed by atoms with Crippen molar-refractivity contribution in [1.82, 2.24) is 0 Å². The Morgan fingerprint density at radius 3 is 1.90 bits per heavy atom. The quantitative estimate of drug-likeness (QED) is 0.0356. The number of hydrogen-bond acceptors (Lipinski definition) is 9. The number of ether oxygens (including phenoxy) is 2. The largest absolute Gasteiger partial charge is 0.472 e. The molecule has 246 valence electrons. The molecule has 0 amide bonds. The van der Waals surface area contributed by atoms with Gasteiger partial charge in [0.25, 0.3) is 0 Å². The Balaban J connectivity index is 4.42. The summed E-state index contributed by atoms with van der Waals surface area (Å²) in [6.07, 6.45) is 22.0. The molecule has 3 atom stereocenters. The van der Waals surface area contributed by atoms with Gasteiger partial charge < -0.3 is 24.6 Å². The standard InChI is InChI=1S/C31H57O10P/c1-3-5-7-9-10-11-12-13-14-15-16-17-19-21-23-31(35)41-29(26-38-30(34)22-20-18-8-6-4-2)27-40-42(36,37)39-25-28(33)24-32/h9-10,12-13,28-29,32-33H,3-8,11,14-27H2,1-2H3,(H,36,37)/b10-9-,13-12-. The highest BCUT2D eigenvalue weighted by atomic mass is 31.2. The lowest BCUT2D eigenvalue weighted by molar-refractivity contribution is -0.161. The Bertz CT molecular complexity index is 771. The molecule has 42 heavy (non-hydrogen) atoms. The van der Waals surface area contributed by atoms with Crippen molar-refractivity contribution in [3.05, 3.63) is 24.3 Å². The normalized spacial score (nSPS) is 14.7. The molecule has 0 aliphatic rings. The molecule has 0 saturated carbocycles. The van der Waals surface area contributed by atoms with Crippen LogP contribution >= 0.6 is 7.82 Å². The summed E-state index contributed by atoms with van der Waals surface area (Å²) in [4.78, 5) is 34.3. The van der Waals surface area contributed by atoms with E-state index in [1.165, 1.54) is 12.8 Å². The Morgan fingerprint density at radius 2 is 1.26 bits per heavy atom. The van der Waals surface area contributed by atoms with E-state index >= 15 is 0 Å². The van der Waals surface area contributed by atoms with Gasteiger partial charge in [-0.1, -0.05) is 95.9 Å². The van der Waals surface area contributed by atoms with E-state index in [2.05, 4.69) is 42.7 Å². The van der Waals surface area contributed by atoms with Gasteiger partial charge in [-0.15, -0.1) is 0 Å². The van der Waals surface area contributed by atoms with Gasteiger partial charge in [-0.3, -0.25) is 18.6 Å². The average molecular weight is 621 g/mol. The monoisotopic (exact) mass is 620 g/mol. The van der Waals surface area contributed by atoms with E-state index in [4.69, 9.17) is 19.1 Å². The van der Waals surface area contributed by atoms with Gasteiger partial charge in [-0.25, -0.2) is 4.57 Å². The summed E-state index contributed by atoms with van der Waals surface area (Å²) < 4.78 is 32.2. The van der Waals surface area contributed by atoms with E-state index in [1.807, 2.05) is 0 Å². The number of carbonyl (C=O) groups excluding carboxylic acids is 2. The topological polar surface area (TPSA) is 149 Å². The predicted octanol–water partition coefficient (Wildman–Crippen LogP) is 6.71. The second kappa shape index (κ2) is 28.2. The lowest BCUT2D eigenvalue weighted by Crippen LogP contribution is -2.29. The minimum Gasteiger partial charge on any atom is -0.462 e. The Morgan fingerprint density at radius 1 is 0.714 bits per heavy atom. The number of phosphoric ester groups is 1. The van der Waals surface area contributed by atoms with Crippen molar-refractivity contribution < 1.29 is 47.8 Å². The zero-order valence-corrected chi connectivity index (χ0v) is 26.9. The van der Waals surface area contributed by atoms with Gasteiger partial charge in [0, 0.05) is 12.8 Å². The van der Waals surface area contributed by atoms with Crippen molar-refractivity contribution in [3.8, 4) is 0 Å². The van der Waals surface area contributed by atoms with Crippen LogP contribution in [0.15, 0.2) is 24.3 Å². The lowest BCUT2D eigenvalue weighted by atomic mass is 10.1. The smallest absolute Gasteiger partial charge is 0.462 e. The SMILES string of the molecule is CCCC/C=C\C/C=C\CCCCCCCC(=O)OC(COC(=O)CCCCCCC)COP(=O)(O)OCC(O)CO. The Kier molecular flexibility index (Phi) is 27.2. The number of unbranched alkanes of at least 4 members (excludes halogenated alkanes) is 11. The minimum absolute atomic E-state index is 0.169. The third-order valence-corrected chi connectivity index (χ3v) is 7.31. The van der Waals surface area contributed by atoms with Crippen LogP contribution in [-0.2, 0) is 32.7 Å². The van der Waals surface area contributed by atoms with Gasteiger partial charge in [0.05, 0.1) is 19.8 Å². The van der Waals surface area contributed by atoms with E-state index in [0.29, 0.717) is 12.8 Å². The highest BCUT2D eigenvalue weighted by Gasteiger charge is 2.27. The van der Waals surface area contributed by atoms with Gasteiger partial charge in [-0.05, 0) is 38.5 Å². The van der Waals surface area contributed by atoms with Gasteiger partial charge >= 0.3 is 19.8 Å². The van der Waals surface area contributed by atoms with E-state index in [9.17, 15) is 24.2 Å². The van der Waals surface area contributed by atoms with Crippen molar-refractivity contribution in [3.63, 3.8) is 0 Å². The van der Waals surface area contributed by atoms with Crippen LogP contribution < -0.4 is 0 Å². The van der Waals surface area contributed by atoms with Crippen LogP contribution in [0.25, 0.3) is 0 Å². The van der Waals surface area contributed by atoms with E-state index in [-0.39, 0.29) is 19.4 Å². The molecule has 10 nitrogen and oxygen atoms in total. The van der Waals surface area contributed by atoms with Crippen LogP contribution in [0.4, 0.5) is 0 Å². The van der Waals surface area contributed by atoms with E-state index in [0.717, 1.165) is 70.6 Å². The van der Waals surface area contributed by atoms with Crippen molar-refractivity contribution in [1.29, 1.82) is 0 Å². The number of hydrogen-bond donors (Lipinski definition) is 3. The average Bonchev–Trinajstić information content (AvgIpc) is 2.97. The van der Waals surface area contributed by atoms with Crippen LogP contribution in [-0.4, -0.2) is 65.7 Å². The summed E-state index contributed by atoms with van der Waals surface area (Å²) in [6, 6.07) is 0. The molecular formula is C31H57O10P. The number of carbonyl (C=O) groups is 2. The first-order valence-electron chi connectivity index (χ1n) is 15.8. The van der Waals surface area contributed by atoms with E-state index < -0.39 is 51.8 Å². The second-order valence-corrected chi connectivity index (χ2v) is 11.9. The van der Waals surface area contributed by atoms with Gasteiger partial charge in [0.1, 0.15) is 12.7 Å². The first-order valence-corrected chi connectivity index (χ1v) is 17.3. The fourth-order valence-electron chi connectivity index (χ4n) is 3.83. The second-order valence-electron chi connectivity index (χ2n) is 10.5. The molecule has 0 aliphatic carbocycles. The molecule has 3 N–H and O–H groups in total. The molecule has 0 aromatic heterocycles. The summed E-state index contributed by atoms with van der Waals surface area (Å²) >= 11 is 0. The lowest BCUT2D eigenvalue weighted by Gasteiger charge is -2.20. The molecule has 0 aliphatic heterocycles. The summed E-state index contributed by atoms with van der Waals surface area (Å²) in [6.45, 7) is 2.18. The Labute approximate surface area is 253 Å². The highest BCUT2D eigenvalue weighted by molar-refractivity contribution is 7.47. The first kappa shape index (κ1) is 40.5. The molecule has 0 aromatic rings. The van der Waals surface area contributed by atoms with E-state index in [1.54, 1.807) is 0 Å². The molecule has 0 radical (unpaired) electrons. The van der Waals surface area contributed by atoms with Crippen LogP contribution in [0.5, 0.6) is 0 Å². The zero-order chi connectivity index (χ0) is 31.3. The summed E-state index contributed by atoms with van der Waals surface area (Å²) in [5, 5.41) is 18.1. The molecule has 0 spiro atoms. The maximum atomic E-state index is 12.4. The fraction of sp³-hybridized carbons (Fsp3) is 0.806. The molecule has 0 fully saturated rings. The number of esters is 2. The third kappa shape index (κ3) is 27.3. The molecule has 0 heterocycles. The van der Waals surface area contributed by atoms with Crippen LogP contribution in [0.2, 0.25) is 0 Å². The van der Waals surface area contributed by atoms with Crippen LogP contribution in [0, 0.1) is 0 Å². The molecule has 0 aromatic carbocycles. The number of rotatable bonds is 29. The number of allylic oxidation sites excluding steroid dienone is 4. The molecule has 11 heteroatoms. The maximum absolute atomic E-state index is 12.4. The highest BCUT2D eigenvalue weighted by Crippen LogP contribution is 2.43. The van der Waals surface area contributed by atoms with Gasteiger partial charge in [0.2, 0.25) is 0 Å². The number of aliphatic hydroxyl groups excluding tert-OH is 2. The predicted molar refractivity (Wildman–Crippen MR) is 164 cm³/mol. The van der Waals surface area contributed by atoms with Gasteiger partial charge in [-0.2, -0.15) is 0 Å². The summed E-state index contributed by atoms with van der Waals surface area (Å²) in [5.41, 5.74) is 0. The minimum atomic E-state index is -4.60.